The first-order valence-corrected chi connectivity index (χ1v) is 3.69. The van der Waals surface area contributed by atoms with E-state index in [1.807, 2.05) is 13.8 Å². The zero-order valence-electron chi connectivity index (χ0n) is 6.74. The summed E-state index contributed by atoms with van der Waals surface area (Å²) < 4.78 is 4.88. The van der Waals surface area contributed by atoms with E-state index in [2.05, 4.69) is 0 Å². The molecular weight excluding hydrogens is 132 g/mol. The molecule has 0 aromatic carbocycles. The zero-order valence-corrected chi connectivity index (χ0v) is 6.74. The zero-order chi connectivity index (χ0) is 8.15. The van der Waals surface area contributed by atoms with Gasteiger partial charge in [0, 0.05) is 0 Å². The van der Waals surface area contributed by atoms with Gasteiger partial charge in [0.25, 0.3) is 0 Å². The number of hydrogen-bond donors (Lipinski definition) is 2. The summed E-state index contributed by atoms with van der Waals surface area (Å²) >= 11 is 0. The summed E-state index contributed by atoms with van der Waals surface area (Å²) in [6.45, 7) is 6.00. The Balaban J connectivity index is 0.000000371. The Morgan fingerprint density at radius 1 is 1.30 bits per heavy atom. The van der Waals surface area contributed by atoms with Crippen LogP contribution in [0.15, 0.2) is 0 Å². The third kappa shape index (κ3) is 2.25. The lowest BCUT2D eigenvalue weighted by molar-refractivity contribution is 0.0318. The van der Waals surface area contributed by atoms with Gasteiger partial charge in [0.05, 0.1) is 12.7 Å². The van der Waals surface area contributed by atoms with Crippen LogP contribution in [0.25, 0.3) is 0 Å². The minimum atomic E-state index is -0.685. The van der Waals surface area contributed by atoms with Crippen molar-refractivity contribution in [1.29, 1.82) is 0 Å². The minimum absolute atomic E-state index is 0.204. The van der Waals surface area contributed by atoms with Crippen LogP contribution in [0, 0.1) is 0 Å². The Morgan fingerprint density at radius 3 is 1.90 bits per heavy atom. The molecule has 2 N–H and O–H groups in total. The van der Waals surface area contributed by atoms with Crippen molar-refractivity contribution in [3.63, 3.8) is 0 Å². The third-order valence-electron chi connectivity index (χ3n) is 1.41. The first kappa shape index (κ1) is 9.88. The first-order valence-electron chi connectivity index (χ1n) is 3.69. The van der Waals surface area contributed by atoms with Crippen LogP contribution < -0.4 is 0 Å². The molecule has 1 aliphatic rings. The van der Waals surface area contributed by atoms with Gasteiger partial charge in [0.2, 0.25) is 0 Å². The quantitative estimate of drug-likeness (QED) is 0.514. The Bertz CT molecular complexity index is 74.9. The highest BCUT2D eigenvalue weighted by Crippen LogP contribution is 2.12. The molecule has 1 aliphatic heterocycles. The van der Waals surface area contributed by atoms with Crippen LogP contribution in [0.3, 0.4) is 0 Å². The van der Waals surface area contributed by atoms with Gasteiger partial charge in [0.15, 0.2) is 0 Å². The van der Waals surface area contributed by atoms with Crippen molar-refractivity contribution < 1.29 is 14.9 Å². The van der Waals surface area contributed by atoms with Gasteiger partial charge in [-0.3, -0.25) is 0 Å². The number of rotatable bonds is 0. The number of ether oxygens (including phenoxy) is 1. The monoisotopic (exact) mass is 148 g/mol. The Hall–Kier alpha value is -0.120. The summed E-state index contributed by atoms with van der Waals surface area (Å²) in [5, 5.41) is 17.7. The smallest absolute Gasteiger partial charge is 0.108 e. The summed E-state index contributed by atoms with van der Waals surface area (Å²) in [6.07, 6.45) is -1.56. The van der Waals surface area contributed by atoms with E-state index in [9.17, 15) is 0 Å². The van der Waals surface area contributed by atoms with Crippen LogP contribution >= 0.6 is 0 Å². The molecule has 0 aliphatic carbocycles. The van der Waals surface area contributed by atoms with E-state index in [0.717, 1.165) is 0 Å². The largest absolute Gasteiger partial charge is 0.388 e. The molecule has 0 saturated carbocycles. The second-order valence-electron chi connectivity index (χ2n) is 2.10. The molecule has 0 bridgehead atoms. The predicted octanol–water partition coefficient (Wildman–Crippen LogP) is 0.153. The Kier molecular flexibility index (Phi) is 4.60. The van der Waals surface area contributed by atoms with Gasteiger partial charge >= 0.3 is 0 Å². The van der Waals surface area contributed by atoms with E-state index < -0.39 is 12.2 Å². The highest BCUT2D eigenvalue weighted by molar-refractivity contribution is 4.79. The van der Waals surface area contributed by atoms with Crippen LogP contribution in [0.1, 0.15) is 20.8 Å². The molecule has 1 rings (SSSR count). The summed E-state index contributed by atoms with van der Waals surface area (Å²) in [5.41, 5.74) is 0. The molecule has 0 aromatic rings. The molecular formula is C7H16O3. The van der Waals surface area contributed by atoms with Crippen molar-refractivity contribution in [2.75, 3.05) is 6.61 Å². The van der Waals surface area contributed by atoms with Crippen molar-refractivity contribution in [1.82, 2.24) is 0 Å². The van der Waals surface area contributed by atoms with Gasteiger partial charge in [-0.2, -0.15) is 0 Å². The molecule has 1 heterocycles. The average molecular weight is 148 g/mol. The van der Waals surface area contributed by atoms with Gasteiger partial charge in [-0.15, -0.1) is 0 Å². The highest BCUT2D eigenvalue weighted by atomic mass is 16.5. The number of hydrogen-bond acceptors (Lipinski definition) is 3. The Morgan fingerprint density at radius 2 is 1.80 bits per heavy atom. The first-order chi connectivity index (χ1) is 4.72. The summed E-state index contributed by atoms with van der Waals surface area (Å²) in [4.78, 5) is 0. The van der Waals surface area contributed by atoms with Gasteiger partial charge in [0.1, 0.15) is 12.2 Å². The molecule has 3 atom stereocenters. The summed E-state index contributed by atoms with van der Waals surface area (Å²) in [5.74, 6) is 0. The van der Waals surface area contributed by atoms with Crippen molar-refractivity contribution in [2.45, 2.75) is 39.1 Å². The lowest BCUT2D eigenvalue weighted by Crippen LogP contribution is -2.27. The van der Waals surface area contributed by atoms with E-state index in [0.29, 0.717) is 0 Å². The van der Waals surface area contributed by atoms with E-state index in [4.69, 9.17) is 14.9 Å². The van der Waals surface area contributed by atoms with Crippen LogP contribution in [0.5, 0.6) is 0 Å². The fourth-order valence-corrected chi connectivity index (χ4v) is 0.760. The van der Waals surface area contributed by atoms with E-state index in [1.165, 1.54) is 0 Å². The molecule has 3 unspecified atom stereocenters. The number of aliphatic hydroxyl groups is 2. The predicted molar refractivity (Wildman–Crippen MR) is 38.8 cm³/mol. The maximum Gasteiger partial charge on any atom is 0.108 e. The maximum atomic E-state index is 8.89. The number of aliphatic hydroxyl groups excluding tert-OH is 2. The van der Waals surface area contributed by atoms with E-state index in [1.54, 1.807) is 6.92 Å². The molecule has 10 heavy (non-hydrogen) atoms. The SMILES string of the molecule is CC.CC1OCC(O)C1O. The van der Waals surface area contributed by atoms with Crippen molar-refractivity contribution in [3.8, 4) is 0 Å². The molecule has 1 saturated heterocycles. The topological polar surface area (TPSA) is 49.7 Å². The van der Waals surface area contributed by atoms with Gasteiger partial charge in [-0.25, -0.2) is 0 Å². The van der Waals surface area contributed by atoms with Crippen LogP contribution in [-0.4, -0.2) is 35.1 Å². The van der Waals surface area contributed by atoms with E-state index in [-0.39, 0.29) is 12.7 Å². The molecule has 0 aromatic heterocycles. The molecule has 0 spiro atoms. The summed E-state index contributed by atoms with van der Waals surface area (Å²) in [6, 6.07) is 0. The second-order valence-corrected chi connectivity index (χ2v) is 2.10. The van der Waals surface area contributed by atoms with Crippen LogP contribution in [-0.2, 0) is 4.74 Å². The summed E-state index contributed by atoms with van der Waals surface area (Å²) in [7, 11) is 0. The Labute approximate surface area is 61.6 Å². The van der Waals surface area contributed by atoms with Crippen LogP contribution in [0.4, 0.5) is 0 Å². The maximum absolute atomic E-state index is 8.89. The standard InChI is InChI=1S/C5H10O3.C2H6/c1-3-5(7)4(6)2-8-3;1-2/h3-7H,2H2,1H3;1-2H3. The molecule has 62 valence electrons. The lowest BCUT2D eigenvalue weighted by Gasteiger charge is -2.07. The molecule has 0 amide bonds. The molecule has 1 fully saturated rings. The second kappa shape index (κ2) is 4.66. The van der Waals surface area contributed by atoms with Crippen molar-refractivity contribution in [2.24, 2.45) is 0 Å². The van der Waals surface area contributed by atoms with Crippen LogP contribution in [0.2, 0.25) is 0 Å². The fourth-order valence-electron chi connectivity index (χ4n) is 0.760. The molecule has 3 heteroatoms. The van der Waals surface area contributed by atoms with Gasteiger partial charge in [-0.05, 0) is 6.92 Å². The molecule has 0 radical (unpaired) electrons. The third-order valence-corrected chi connectivity index (χ3v) is 1.41. The lowest BCUT2D eigenvalue weighted by atomic mass is 10.2. The average Bonchev–Trinajstić information content (AvgIpc) is 2.25. The minimum Gasteiger partial charge on any atom is -0.388 e. The van der Waals surface area contributed by atoms with Crippen molar-refractivity contribution in [3.05, 3.63) is 0 Å². The highest BCUT2D eigenvalue weighted by Gasteiger charge is 2.30. The van der Waals surface area contributed by atoms with Gasteiger partial charge in [-0.1, -0.05) is 13.8 Å². The normalized spacial score (nSPS) is 38.7. The van der Waals surface area contributed by atoms with Crippen molar-refractivity contribution >= 4 is 0 Å². The van der Waals surface area contributed by atoms with Gasteiger partial charge < -0.3 is 14.9 Å². The molecule has 3 nitrogen and oxygen atoms in total. The van der Waals surface area contributed by atoms with E-state index >= 15 is 0 Å². The fraction of sp³-hybridized carbons (Fsp3) is 1.00.